The number of fused-ring (bicyclic) bond motifs is 4. The van der Waals surface area contributed by atoms with Gasteiger partial charge in [0.15, 0.2) is 0 Å². The van der Waals surface area contributed by atoms with E-state index >= 15 is 0 Å². The lowest BCUT2D eigenvalue weighted by atomic mass is 9.44. The van der Waals surface area contributed by atoms with Crippen LogP contribution in [0.2, 0.25) is 5.02 Å². The summed E-state index contributed by atoms with van der Waals surface area (Å²) in [5, 5.41) is 20.4. The second kappa shape index (κ2) is 5.47. The highest BCUT2D eigenvalue weighted by Crippen LogP contribution is 2.67. The molecule has 3 unspecified atom stereocenters. The molecule has 134 valence electrons. The molecule has 0 aliphatic heterocycles. The van der Waals surface area contributed by atoms with Gasteiger partial charge in [0, 0.05) is 16.0 Å². The third-order valence-electron chi connectivity index (χ3n) is 7.70. The summed E-state index contributed by atoms with van der Waals surface area (Å²) < 4.78 is 0. The number of nitrogens with one attached hydrogen (secondary N) is 1. The number of nitrogens with zero attached hydrogens (tertiary/aromatic N) is 1. The van der Waals surface area contributed by atoms with E-state index in [0.29, 0.717) is 10.4 Å². The molecule has 3 aliphatic carbocycles. The molecule has 2 bridgehead atoms. The van der Waals surface area contributed by atoms with Crippen LogP contribution in [0.15, 0.2) is 18.3 Å². The van der Waals surface area contributed by atoms with Gasteiger partial charge in [-0.25, -0.2) is 0 Å². The third kappa shape index (κ3) is 2.39. The third-order valence-corrected chi connectivity index (χ3v) is 7.92. The van der Waals surface area contributed by atoms with Gasteiger partial charge in [0.1, 0.15) is 0 Å². The van der Waals surface area contributed by atoms with Crippen molar-refractivity contribution >= 4 is 22.5 Å². The fourth-order valence-electron chi connectivity index (χ4n) is 6.49. The molecule has 3 aliphatic rings. The molecule has 1 aromatic heterocycles. The van der Waals surface area contributed by atoms with Crippen molar-refractivity contribution in [1.82, 2.24) is 10.2 Å². The quantitative estimate of drug-likeness (QED) is 0.752. The zero-order valence-electron chi connectivity index (χ0n) is 14.9. The lowest BCUT2D eigenvalue weighted by molar-refractivity contribution is -0.189. The summed E-state index contributed by atoms with van der Waals surface area (Å²) in [6.45, 7) is 2.34. The maximum absolute atomic E-state index is 11.5. The lowest BCUT2D eigenvalue weighted by Crippen LogP contribution is -2.56. The molecule has 1 aromatic carbocycles. The first-order valence-corrected chi connectivity index (χ1v) is 10.2. The van der Waals surface area contributed by atoms with Crippen LogP contribution >= 0.6 is 11.6 Å². The second-order valence-electron chi connectivity index (χ2n) is 9.12. The van der Waals surface area contributed by atoms with E-state index in [1.807, 2.05) is 12.1 Å². The Balaban J connectivity index is 1.45. The molecule has 1 spiro atoms. The molecule has 3 saturated carbocycles. The van der Waals surface area contributed by atoms with Crippen LogP contribution in [-0.2, 0) is 5.60 Å². The van der Waals surface area contributed by atoms with Crippen LogP contribution < -0.4 is 0 Å². The van der Waals surface area contributed by atoms with Gasteiger partial charge in [0.05, 0.1) is 17.3 Å². The zero-order valence-corrected chi connectivity index (χ0v) is 15.6. The van der Waals surface area contributed by atoms with E-state index < -0.39 is 5.60 Å². The van der Waals surface area contributed by atoms with E-state index in [0.717, 1.165) is 47.1 Å². The van der Waals surface area contributed by atoms with E-state index in [1.54, 1.807) is 6.20 Å². The Morgan fingerprint density at radius 2 is 2.12 bits per heavy atom. The number of aliphatic hydroxyl groups is 1. The predicted octanol–water partition coefficient (Wildman–Crippen LogP) is 5.42. The molecule has 25 heavy (non-hydrogen) atoms. The monoisotopic (exact) mass is 358 g/mol. The van der Waals surface area contributed by atoms with Crippen molar-refractivity contribution in [3.05, 3.63) is 28.9 Å². The number of hydrogen-bond donors (Lipinski definition) is 2. The van der Waals surface area contributed by atoms with Gasteiger partial charge >= 0.3 is 0 Å². The van der Waals surface area contributed by atoms with E-state index in [1.165, 1.54) is 38.5 Å². The Morgan fingerprint density at radius 1 is 1.28 bits per heavy atom. The maximum atomic E-state index is 11.5. The largest absolute Gasteiger partial charge is 0.385 e. The van der Waals surface area contributed by atoms with Crippen molar-refractivity contribution in [2.45, 2.75) is 63.9 Å². The molecule has 3 fully saturated rings. The van der Waals surface area contributed by atoms with E-state index in [-0.39, 0.29) is 0 Å². The van der Waals surface area contributed by atoms with E-state index in [2.05, 4.69) is 17.1 Å². The first-order valence-electron chi connectivity index (χ1n) is 9.87. The Labute approximate surface area is 154 Å². The van der Waals surface area contributed by atoms with Gasteiger partial charge in [-0.15, -0.1) is 0 Å². The molecule has 3 nitrogen and oxygen atoms in total. The first-order chi connectivity index (χ1) is 12.0. The van der Waals surface area contributed by atoms with E-state index in [9.17, 15) is 5.11 Å². The van der Waals surface area contributed by atoms with Crippen LogP contribution in [-0.4, -0.2) is 15.3 Å². The average molecular weight is 359 g/mol. The number of aromatic amines is 1. The van der Waals surface area contributed by atoms with Crippen LogP contribution in [0.25, 0.3) is 10.9 Å². The van der Waals surface area contributed by atoms with Gasteiger partial charge in [0.2, 0.25) is 0 Å². The van der Waals surface area contributed by atoms with Crippen LogP contribution in [0.4, 0.5) is 0 Å². The van der Waals surface area contributed by atoms with Gasteiger partial charge in [-0.1, -0.05) is 24.9 Å². The second-order valence-corrected chi connectivity index (χ2v) is 9.55. The summed E-state index contributed by atoms with van der Waals surface area (Å²) in [5.74, 6) is 2.65. The van der Waals surface area contributed by atoms with Crippen molar-refractivity contribution in [3.63, 3.8) is 0 Å². The van der Waals surface area contributed by atoms with Gasteiger partial charge < -0.3 is 5.11 Å². The van der Waals surface area contributed by atoms with Crippen molar-refractivity contribution < 1.29 is 5.11 Å². The highest BCUT2D eigenvalue weighted by molar-refractivity contribution is 6.31. The minimum absolute atomic E-state index is 0.355. The molecule has 4 heteroatoms. The van der Waals surface area contributed by atoms with Crippen LogP contribution in [0.1, 0.15) is 63.9 Å². The van der Waals surface area contributed by atoms with Crippen molar-refractivity contribution in [2.24, 2.45) is 23.2 Å². The number of rotatable bonds is 2. The number of halogens is 1. The summed E-state index contributed by atoms with van der Waals surface area (Å²) in [7, 11) is 0. The molecular formula is C21H27ClN2O. The number of benzene rings is 1. The topological polar surface area (TPSA) is 48.9 Å². The normalized spacial score (nSPS) is 40.4. The minimum Gasteiger partial charge on any atom is -0.385 e. The number of aromatic nitrogens is 2. The molecule has 3 atom stereocenters. The lowest BCUT2D eigenvalue weighted by Gasteiger charge is -2.62. The Kier molecular flexibility index (Phi) is 3.53. The van der Waals surface area contributed by atoms with Crippen molar-refractivity contribution in [3.8, 4) is 0 Å². The number of H-pyrrole nitrogens is 1. The van der Waals surface area contributed by atoms with Crippen LogP contribution in [0, 0.1) is 23.2 Å². The zero-order chi connectivity index (χ0) is 17.2. The molecular weight excluding hydrogens is 332 g/mol. The summed E-state index contributed by atoms with van der Waals surface area (Å²) in [5.41, 5.74) is 1.50. The molecule has 0 radical (unpaired) electrons. The fraction of sp³-hybridized carbons (Fsp3) is 0.667. The molecule has 2 N–H and O–H groups in total. The minimum atomic E-state index is -0.748. The highest BCUT2D eigenvalue weighted by Gasteiger charge is 2.60. The van der Waals surface area contributed by atoms with Crippen LogP contribution in [0.5, 0.6) is 0 Å². The first kappa shape index (κ1) is 16.1. The smallest absolute Gasteiger partial charge is 0.0928 e. The Bertz CT molecular complexity index is 807. The Morgan fingerprint density at radius 3 is 2.92 bits per heavy atom. The maximum Gasteiger partial charge on any atom is 0.0928 e. The van der Waals surface area contributed by atoms with Gasteiger partial charge in [-0.05, 0) is 80.2 Å². The molecule has 0 saturated heterocycles. The average Bonchev–Trinajstić information content (AvgIpc) is 3.03. The SMILES string of the molecule is CCC1CC2CCC3(CC(O)(c4cc(Cl)cc5cn[nH]c45)C3)C(C1)C2. The standard InChI is InChI=1S/C21H27ClN2O/c1-2-13-5-14-3-4-20(16(6-13)7-14)11-21(25,12-20)18-9-17(22)8-15-10-23-24-19(15)18/h8-10,13-14,16,25H,2-7,11-12H2,1H3,(H,23,24). The summed E-state index contributed by atoms with van der Waals surface area (Å²) >= 11 is 6.31. The highest BCUT2D eigenvalue weighted by atomic mass is 35.5. The number of hydrogen-bond acceptors (Lipinski definition) is 2. The van der Waals surface area contributed by atoms with Crippen molar-refractivity contribution in [2.75, 3.05) is 0 Å². The van der Waals surface area contributed by atoms with E-state index in [4.69, 9.17) is 11.6 Å². The van der Waals surface area contributed by atoms with Gasteiger partial charge in [0.25, 0.3) is 0 Å². The molecule has 5 rings (SSSR count). The molecule has 1 heterocycles. The molecule has 2 aromatic rings. The summed E-state index contributed by atoms with van der Waals surface area (Å²) in [6.07, 6.45) is 11.8. The summed E-state index contributed by atoms with van der Waals surface area (Å²) in [6, 6.07) is 3.86. The molecule has 0 amide bonds. The predicted molar refractivity (Wildman–Crippen MR) is 101 cm³/mol. The van der Waals surface area contributed by atoms with Gasteiger partial charge in [-0.2, -0.15) is 5.10 Å². The van der Waals surface area contributed by atoms with Crippen molar-refractivity contribution in [1.29, 1.82) is 0 Å². The Hall–Kier alpha value is -1.06. The fourth-order valence-corrected chi connectivity index (χ4v) is 6.71. The van der Waals surface area contributed by atoms with Crippen LogP contribution in [0.3, 0.4) is 0 Å². The summed E-state index contributed by atoms with van der Waals surface area (Å²) in [4.78, 5) is 0. The van der Waals surface area contributed by atoms with Gasteiger partial charge in [-0.3, -0.25) is 5.10 Å².